The third kappa shape index (κ3) is 4.62. The second-order valence-corrected chi connectivity index (χ2v) is 4.63. The average molecular weight is 275 g/mol. The Morgan fingerprint density at radius 2 is 2.25 bits per heavy atom. The van der Waals surface area contributed by atoms with Gasteiger partial charge in [-0.1, -0.05) is 12.1 Å². The molecule has 0 amide bonds. The van der Waals surface area contributed by atoms with Crippen LogP contribution >= 0.6 is 0 Å². The highest BCUT2D eigenvalue weighted by atomic mass is 16.5. The summed E-state index contributed by atoms with van der Waals surface area (Å²) < 4.78 is 7.40. The summed E-state index contributed by atoms with van der Waals surface area (Å²) in [4.78, 5) is 4.18. The van der Waals surface area contributed by atoms with Crippen LogP contribution in [0.25, 0.3) is 0 Å². The third-order valence-corrected chi connectivity index (χ3v) is 2.79. The molecule has 0 radical (unpaired) electrons. The van der Waals surface area contributed by atoms with E-state index in [1.807, 2.05) is 25.3 Å². The van der Waals surface area contributed by atoms with Gasteiger partial charge in [0, 0.05) is 18.4 Å². The quantitative estimate of drug-likeness (QED) is 0.741. The number of hydrogen-bond acceptors (Lipinski definition) is 5. The second kappa shape index (κ2) is 7.59. The molecule has 6 heteroatoms. The lowest BCUT2D eigenvalue weighted by atomic mass is 10.4. The van der Waals surface area contributed by atoms with Gasteiger partial charge in [0.1, 0.15) is 12.4 Å². The molecule has 108 valence electrons. The Morgan fingerprint density at radius 1 is 1.35 bits per heavy atom. The summed E-state index contributed by atoms with van der Waals surface area (Å²) in [7, 11) is 0. The number of ether oxygens (including phenoxy) is 1. The molecule has 0 spiro atoms. The molecule has 0 unspecified atom stereocenters. The summed E-state index contributed by atoms with van der Waals surface area (Å²) in [5, 5.41) is 11.5. The Balaban J connectivity index is 1.72. The highest BCUT2D eigenvalue weighted by Gasteiger charge is 2.00. The summed E-state index contributed by atoms with van der Waals surface area (Å²) in [6.07, 6.45) is 4.79. The zero-order valence-electron chi connectivity index (χ0n) is 12.0. The van der Waals surface area contributed by atoms with Gasteiger partial charge in [0.25, 0.3) is 0 Å². The van der Waals surface area contributed by atoms with E-state index in [9.17, 15) is 0 Å². The van der Waals surface area contributed by atoms with E-state index in [2.05, 4.69) is 27.5 Å². The Kier molecular flexibility index (Phi) is 5.49. The van der Waals surface area contributed by atoms with Crippen molar-refractivity contribution in [3.8, 4) is 5.75 Å². The lowest BCUT2D eigenvalue weighted by Gasteiger charge is -2.05. The Hall–Kier alpha value is -1.95. The molecule has 0 bridgehead atoms. The molecule has 0 aliphatic carbocycles. The summed E-state index contributed by atoms with van der Waals surface area (Å²) in [5.41, 5.74) is 1.94. The molecule has 2 aromatic rings. The summed E-state index contributed by atoms with van der Waals surface area (Å²) in [5.74, 6) is 0.778. The van der Waals surface area contributed by atoms with Gasteiger partial charge in [-0.25, -0.2) is 4.68 Å². The predicted molar refractivity (Wildman–Crippen MR) is 76.5 cm³/mol. The van der Waals surface area contributed by atoms with E-state index < -0.39 is 0 Å². The minimum Gasteiger partial charge on any atom is -0.490 e. The number of nitrogens with one attached hydrogen (secondary N) is 1. The first-order valence-corrected chi connectivity index (χ1v) is 6.93. The van der Waals surface area contributed by atoms with E-state index in [0.717, 1.165) is 36.6 Å². The normalized spacial score (nSPS) is 10.7. The van der Waals surface area contributed by atoms with Gasteiger partial charge < -0.3 is 10.1 Å². The van der Waals surface area contributed by atoms with E-state index in [-0.39, 0.29) is 0 Å². The van der Waals surface area contributed by atoms with Crippen LogP contribution in [0.2, 0.25) is 0 Å². The van der Waals surface area contributed by atoms with Crippen molar-refractivity contribution in [2.24, 2.45) is 0 Å². The van der Waals surface area contributed by atoms with Crippen molar-refractivity contribution < 1.29 is 4.74 Å². The van der Waals surface area contributed by atoms with Gasteiger partial charge in [0.2, 0.25) is 0 Å². The number of hydrogen-bond donors (Lipinski definition) is 1. The van der Waals surface area contributed by atoms with Crippen LogP contribution in [0.5, 0.6) is 5.75 Å². The van der Waals surface area contributed by atoms with Crippen LogP contribution in [0.15, 0.2) is 24.5 Å². The van der Waals surface area contributed by atoms with Crippen molar-refractivity contribution in [3.05, 3.63) is 35.9 Å². The Bertz CT molecular complexity index is 509. The summed E-state index contributed by atoms with van der Waals surface area (Å²) in [6.45, 7) is 7.08. The van der Waals surface area contributed by atoms with E-state index in [1.54, 1.807) is 10.9 Å². The molecular weight excluding hydrogens is 254 g/mol. The SMILES string of the molecule is CCCNCc1cn(CCOc2ccc(C)nc2)nn1. The molecule has 0 saturated heterocycles. The zero-order chi connectivity index (χ0) is 14.2. The van der Waals surface area contributed by atoms with Crippen LogP contribution in [-0.2, 0) is 13.1 Å². The van der Waals surface area contributed by atoms with Crippen LogP contribution < -0.4 is 10.1 Å². The van der Waals surface area contributed by atoms with Gasteiger partial charge >= 0.3 is 0 Å². The molecule has 2 aromatic heterocycles. The smallest absolute Gasteiger partial charge is 0.137 e. The van der Waals surface area contributed by atoms with E-state index in [1.165, 1.54) is 0 Å². The van der Waals surface area contributed by atoms with Crippen molar-refractivity contribution in [3.63, 3.8) is 0 Å². The number of rotatable bonds is 8. The molecule has 1 N–H and O–H groups in total. The average Bonchev–Trinajstić information content (AvgIpc) is 2.89. The molecule has 0 aromatic carbocycles. The maximum atomic E-state index is 5.61. The highest BCUT2D eigenvalue weighted by molar-refractivity contribution is 5.18. The van der Waals surface area contributed by atoms with Gasteiger partial charge in [-0.05, 0) is 32.0 Å². The standard InChI is InChI=1S/C14H21N5O/c1-3-6-15-9-13-11-19(18-17-13)7-8-20-14-5-4-12(2)16-10-14/h4-5,10-11,15H,3,6-9H2,1-2H3. The van der Waals surface area contributed by atoms with Gasteiger partial charge in [-0.3, -0.25) is 4.98 Å². The predicted octanol–water partition coefficient (Wildman–Crippen LogP) is 1.56. The second-order valence-electron chi connectivity index (χ2n) is 4.63. The van der Waals surface area contributed by atoms with Gasteiger partial charge in [0.05, 0.1) is 18.4 Å². The lowest BCUT2D eigenvalue weighted by Crippen LogP contribution is -2.14. The zero-order valence-corrected chi connectivity index (χ0v) is 12.0. The van der Waals surface area contributed by atoms with E-state index in [4.69, 9.17) is 4.74 Å². The van der Waals surface area contributed by atoms with Crippen molar-refractivity contribution in [2.75, 3.05) is 13.2 Å². The van der Waals surface area contributed by atoms with Crippen molar-refractivity contribution in [1.82, 2.24) is 25.3 Å². The fourth-order valence-corrected chi connectivity index (χ4v) is 1.72. The first-order valence-electron chi connectivity index (χ1n) is 6.93. The monoisotopic (exact) mass is 275 g/mol. The lowest BCUT2D eigenvalue weighted by molar-refractivity contribution is 0.288. The Morgan fingerprint density at radius 3 is 3.00 bits per heavy atom. The molecule has 0 atom stereocenters. The molecule has 6 nitrogen and oxygen atoms in total. The fourth-order valence-electron chi connectivity index (χ4n) is 1.72. The molecule has 0 aliphatic heterocycles. The summed E-state index contributed by atoms with van der Waals surface area (Å²) >= 11 is 0. The highest BCUT2D eigenvalue weighted by Crippen LogP contribution is 2.08. The van der Waals surface area contributed by atoms with Gasteiger partial charge in [-0.2, -0.15) is 0 Å². The van der Waals surface area contributed by atoms with Crippen LogP contribution in [-0.4, -0.2) is 33.1 Å². The molecule has 2 rings (SSSR count). The van der Waals surface area contributed by atoms with Gasteiger partial charge in [0.15, 0.2) is 0 Å². The number of aryl methyl sites for hydroxylation is 1. The number of aromatic nitrogens is 4. The minimum absolute atomic E-state index is 0.552. The largest absolute Gasteiger partial charge is 0.490 e. The van der Waals surface area contributed by atoms with Crippen LogP contribution in [0, 0.1) is 6.92 Å². The maximum absolute atomic E-state index is 5.61. The minimum atomic E-state index is 0.552. The topological polar surface area (TPSA) is 64.9 Å². The number of nitrogens with zero attached hydrogens (tertiary/aromatic N) is 4. The maximum Gasteiger partial charge on any atom is 0.137 e. The molecule has 20 heavy (non-hydrogen) atoms. The van der Waals surface area contributed by atoms with Gasteiger partial charge in [-0.15, -0.1) is 5.10 Å². The summed E-state index contributed by atoms with van der Waals surface area (Å²) in [6, 6.07) is 3.85. The third-order valence-electron chi connectivity index (χ3n) is 2.79. The molecule has 2 heterocycles. The number of pyridine rings is 1. The van der Waals surface area contributed by atoms with Crippen LogP contribution in [0.1, 0.15) is 24.7 Å². The van der Waals surface area contributed by atoms with Crippen molar-refractivity contribution in [2.45, 2.75) is 33.4 Å². The van der Waals surface area contributed by atoms with Crippen LogP contribution in [0.3, 0.4) is 0 Å². The van der Waals surface area contributed by atoms with E-state index >= 15 is 0 Å². The first kappa shape index (κ1) is 14.5. The van der Waals surface area contributed by atoms with Crippen LogP contribution in [0.4, 0.5) is 0 Å². The first-order chi connectivity index (χ1) is 9.78. The van der Waals surface area contributed by atoms with Crippen molar-refractivity contribution in [1.29, 1.82) is 0 Å². The molecule has 0 saturated carbocycles. The van der Waals surface area contributed by atoms with Crippen molar-refractivity contribution >= 4 is 0 Å². The molecule has 0 aliphatic rings. The van der Waals surface area contributed by atoms with E-state index in [0.29, 0.717) is 13.2 Å². The fraction of sp³-hybridized carbons (Fsp3) is 0.500. The molecular formula is C14H21N5O. The molecule has 0 fully saturated rings. The Labute approximate surface area is 119 Å².